The van der Waals surface area contributed by atoms with E-state index in [-0.39, 0.29) is 5.75 Å². The summed E-state index contributed by atoms with van der Waals surface area (Å²) in [5.41, 5.74) is 1.37. The van der Waals surface area contributed by atoms with E-state index in [0.717, 1.165) is 0 Å². The predicted molar refractivity (Wildman–Crippen MR) is 68.6 cm³/mol. The summed E-state index contributed by atoms with van der Waals surface area (Å²) in [5.74, 6) is 0.135. The molecule has 0 saturated carbocycles. The summed E-state index contributed by atoms with van der Waals surface area (Å²) in [6, 6.07) is 9.79. The minimum Gasteiger partial charge on any atom is -0.508 e. The summed E-state index contributed by atoms with van der Waals surface area (Å²) in [6.45, 7) is 0. The van der Waals surface area contributed by atoms with Crippen LogP contribution < -0.4 is 0 Å². The molecular weight excluding hydrogens is 266 g/mol. The molecule has 0 spiro atoms. The molecule has 1 nitrogen and oxygen atoms in total. The van der Waals surface area contributed by atoms with Gasteiger partial charge in [0.25, 0.3) is 0 Å². The highest BCUT2D eigenvalue weighted by Gasteiger charge is 2.09. The molecule has 0 saturated heterocycles. The summed E-state index contributed by atoms with van der Waals surface area (Å²) in [5, 5.41) is 11.0. The third-order valence-electron chi connectivity index (χ3n) is 2.17. The smallest absolute Gasteiger partial charge is 0.116 e. The van der Waals surface area contributed by atoms with Crippen LogP contribution in [0.4, 0.5) is 0 Å². The Kier molecular flexibility index (Phi) is 3.29. The molecule has 2 rings (SSSR count). The van der Waals surface area contributed by atoms with Gasteiger partial charge in [-0.25, -0.2) is 0 Å². The standard InChI is InChI=1S/C12H7Cl3O/c13-7-1-3-11(14)9(5-7)10-6-8(16)2-4-12(10)15/h1-6,16H. The van der Waals surface area contributed by atoms with Gasteiger partial charge in [0.1, 0.15) is 5.75 Å². The van der Waals surface area contributed by atoms with Crippen molar-refractivity contribution in [2.24, 2.45) is 0 Å². The Morgan fingerprint density at radius 1 is 0.750 bits per heavy atom. The van der Waals surface area contributed by atoms with Gasteiger partial charge in [0.15, 0.2) is 0 Å². The number of aromatic hydroxyl groups is 1. The molecule has 82 valence electrons. The lowest BCUT2D eigenvalue weighted by Gasteiger charge is -2.07. The van der Waals surface area contributed by atoms with Gasteiger partial charge in [0, 0.05) is 26.2 Å². The van der Waals surface area contributed by atoms with E-state index >= 15 is 0 Å². The van der Waals surface area contributed by atoms with Crippen LogP contribution in [-0.2, 0) is 0 Å². The van der Waals surface area contributed by atoms with Crippen LogP contribution in [-0.4, -0.2) is 5.11 Å². The molecule has 0 aliphatic heterocycles. The van der Waals surface area contributed by atoms with Crippen LogP contribution in [0.1, 0.15) is 0 Å². The lowest BCUT2D eigenvalue weighted by molar-refractivity contribution is 0.475. The first kappa shape index (κ1) is 11.6. The van der Waals surface area contributed by atoms with E-state index in [1.807, 2.05) is 0 Å². The van der Waals surface area contributed by atoms with E-state index in [9.17, 15) is 5.11 Å². The fraction of sp³-hybridized carbons (Fsp3) is 0. The predicted octanol–water partition coefficient (Wildman–Crippen LogP) is 5.02. The maximum atomic E-state index is 9.42. The molecule has 2 aromatic carbocycles. The zero-order valence-electron chi connectivity index (χ0n) is 8.05. The van der Waals surface area contributed by atoms with Crippen LogP contribution >= 0.6 is 34.8 Å². The Bertz CT molecular complexity index is 488. The average Bonchev–Trinajstić information content (AvgIpc) is 2.25. The number of hydrogen-bond donors (Lipinski definition) is 1. The van der Waals surface area contributed by atoms with Crippen molar-refractivity contribution in [3.05, 3.63) is 51.5 Å². The molecule has 0 atom stereocenters. The third kappa shape index (κ3) is 2.27. The zero-order chi connectivity index (χ0) is 11.7. The van der Waals surface area contributed by atoms with Crippen LogP contribution in [0.5, 0.6) is 5.75 Å². The lowest BCUT2D eigenvalue weighted by atomic mass is 10.1. The van der Waals surface area contributed by atoms with Crippen LogP contribution in [0.2, 0.25) is 15.1 Å². The number of phenols is 1. The van der Waals surface area contributed by atoms with Gasteiger partial charge in [0.05, 0.1) is 0 Å². The van der Waals surface area contributed by atoms with E-state index in [4.69, 9.17) is 34.8 Å². The number of hydrogen-bond acceptors (Lipinski definition) is 1. The molecule has 2 aromatic rings. The van der Waals surface area contributed by atoms with Gasteiger partial charge < -0.3 is 5.11 Å². The second-order valence-electron chi connectivity index (χ2n) is 3.29. The fourth-order valence-corrected chi connectivity index (χ4v) is 2.03. The Balaban J connectivity index is 2.66. The van der Waals surface area contributed by atoms with Crippen molar-refractivity contribution in [1.82, 2.24) is 0 Å². The van der Waals surface area contributed by atoms with Crippen LogP contribution in [0, 0.1) is 0 Å². The van der Waals surface area contributed by atoms with E-state index in [0.29, 0.717) is 26.2 Å². The zero-order valence-corrected chi connectivity index (χ0v) is 10.3. The third-order valence-corrected chi connectivity index (χ3v) is 3.06. The van der Waals surface area contributed by atoms with Crippen LogP contribution in [0.25, 0.3) is 11.1 Å². The van der Waals surface area contributed by atoms with Gasteiger partial charge >= 0.3 is 0 Å². The van der Waals surface area contributed by atoms with Crippen molar-refractivity contribution in [3.8, 4) is 16.9 Å². The molecular formula is C12H7Cl3O. The number of rotatable bonds is 1. The molecule has 0 fully saturated rings. The van der Waals surface area contributed by atoms with Crippen molar-refractivity contribution in [2.75, 3.05) is 0 Å². The summed E-state index contributed by atoms with van der Waals surface area (Å²) < 4.78 is 0. The first-order chi connectivity index (χ1) is 7.58. The van der Waals surface area contributed by atoms with Gasteiger partial charge in [-0.15, -0.1) is 0 Å². The van der Waals surface area contributed by atoms with Gasteiger partial charge in [-0.1, -0.05) is 34.8 Å². The van der Waals surface area contributed by atoms with Crippen molar-refractivity contribution < 1.29 is 5.11 Å². The lowest BCUT2D eigenvalue weighted by Crippen LogP contribution is -1.81. The summed E-state index contributed by atoms with van der Waals surface area (Å²) in [6.07, 6.45) is 0. The molecule has 0 aromatic heterocycles. The quantitative estimate of drug-likeness (QED) is 0.773. The molecule has 0 aliphatic rings. The summed E-state index contributed by atoms with van der Waals surface area (Å²) >= 11 is 18.0. The van der Waals surface area contributed by atoms with Gasteiger partial charge in [-0.3, -0.25) is 0 Å². The van der Waals surface area contributed by atoms with Gasteiger partial charge in [-0.2, -0.15) is 0 Å². The molecule has 0 heterocycles. The highest BCUT2D eigenvalue weighted by Crippen LogP contribution is 2.36. The first-order valence-corrected chi connectivity index (χ1v) is 5.65. The average molecular weight is 274 g/mol. The Morgan fingerprint density at radius 3 is 2.00 bits per heavy atom. The summed E-state index contributed by atoms with van der Waals surface area (Å²) in [7, 11) is 0. The van der Waals surface area contributed by atoms with Crippen molar-refractivity contribution in [1.29, 1.82) is 0 Å². The number of benzene rings is 2. The van der Waals surface area contributed by atoms with Gasteiger partial charge in [-0.05, 0) is 36.4 Å². The molecule has 0 aliphatic carbocycles. The highest BCUT2D eigenvalue weighted by atomic mass is 35.5. The van der Waals surface area contributed by atoms with Crippen molar-refractivity contribution in [2.45, 2.75) is 0 Å². The highest BCUT2D eigenvalue weighted by molar-refractivity contribution is 6.37. The molecule has 1 N–H and O–H groups in total. The maximum Gasteiger partial charge on any atom is 0.116 e. The van der Waals surface area contributed by atoms with E-state index in [1.54, 1.807) is 30.3 Å². The second kappa shape index (κ2) is 4.54. The second-order valence-corrected chi connectivity index (χ2v) is 4.54. The first-order valence-electron chi connectivity index (χ1n) is 4.52. The normalized spacial score (nSPS) is 10.4. The van der Waals surface area contributed by atoms with Crippen LogP contribution in [0.15, 0.2) is 36.4 Å². The molecule has 0 bridgehead atoms. The minimum absolute atomic E-state index is 0.135. The number of halogens is 3. The van der Waals surface area contributed by atoms with Crippen molar-refractivity contribution >= 4 is 34.8 Å². The summed E-state index contributed by atoms with van der Waals surface area (Å²) in [4.78, 5) is 0. The molecule has 0 radical (unpaired) electrons. The van der Waals surface area contributed by atoms with E-state index in [1.165, 1.54) is 6.07 Å². The Morgan fingerprint density at radius 2 is 1.31 bits per heavy atom. The van der Waals surface area contributed by atoms with E-state index < -0.39 is 0 Å². The minimum atomic E-state index is 0.135. The largest absolute Gasteiger partial charge is 0.508 e. The Hall–Kier alpha value is -0.890. The SMILES string of the molecule is Oc1ccc(Cl)c(-c2cc(Cl)ccc2Cl)c1. The van der Waals surface area contributed by atoms with Crippen molar-refractivity contribution in [3.63, 3.8) is 0 Å². The molecule has 4 heteroatoms. The number of phenolic OH excluding ortho intramolecular Hbond substituents is 1. The van der Waals surface area contributed by atoms with Crippen LogP contribution in [0.3, 0.4) is 0 Å². The topological polar surface area (TPSA) is 20.2 Å². The Labute approximate surface area is 108 Å². The fourth-order valence-electron chi connectivity index (χ4n) is 1.42. The van der Waals surface area contributed by atoms with Gasteiger partial charge in [0.2, 0.25) is 0 Å². The monoisotopic (exact) mass is 272 g/mol. The molecule has 16 heavy (non-hydrogen) atoms. The maximum absolute atomic E-state index is 9.42. The van der Waals surface area contributed by atoms with E-state index in [2.05, 4.69) is 0 Å². The molecule has 0 amide bonds. The molecule has 0 unspecified atom stereocenters.